The first kappa shape index (κ1) is 15.4. The summed E-state index contributed by atoms with van der Waals surface area (Å²) in [5.74, 6) is -0.438. The molecule has 1 rings (SSSR count). The Balaban J connectivity index is 2.78. The quantitative estimate of drug-likeness (QED) is 0.605. The third kappa shape index (κ3) is 5.22. The van der Waals surface area contributed by atoms with E-state index < -0.39 is 6.04 Å². The second kappa shape index (κ2) is 7.69. The van der Waals surface area contributed by atoms with Gasteiger partial charge >= 0.3 is 5.97 Å². The van der Waals surface area contributed by atoms with E-state index in [1.54, 1.807) is 19.1 Å². The first-order valence-electron chi connectivity index (χ1n) is 6.55. The van der Waals surface area contributed by atoms with Crippen molar-refractivity contribution < 1.29 is 14.3 Å². The zero-order valence-corrected chi connectivity index (χ0v) is 11.7. The molecule has 4 heteroatoms. The largest absolute Gasteiger partial charge is 0.466 e. The molecular weight excluding hydrogens is 242 g/mol. The third-order valence-electron chi connectivity index (χ3n) is 2.59. The molecule has 0 saturated carbocycles. The van der Waals surface area contributed by atoms with Gasteiger partial charge in [-0.05, 0) is 6.92 Å². The van der Waals surface area contributed by atoms with Crippen LogP contribution in [-0.2, 0) is 9.53 Å². The predicted octanol–water partition coefficient (Wildman–Crippen LogP) is 2.19. The van der Waals surface area contributed by atoms with Gasteiger partial charge in [-0.25, -0.2) is 0 Å². The van der Waals surface area contributed by atoms with Gasteiger partial charge in [0.15, 0.2) is 5.78 Å². The number of hydrogen-bond acceptors (Lipinski definition) is 4. The van der Waals surface area contributed by atoms with E-state index in [2.05, 4.69) is 5.32 Å². The summed E-state index contributed by atoms with van der Waals surface area (Å²) in [5, 5.41) is 3.12. The minimum absolute atomic E-state index is 0.0553. The molecule has 4 nitrogen and oxygen atoms in total. The lowest BCUT2D eigenvalue weighted by molar-refractivity contribution is -0.143. The van der Waals surface area contributed by atoms with Crippen LogP contribution in [-0.4, -0.2) is 30.4 Å². The molecular formula is C15H21NO3. The number of nitrogens with one attached hydrogen (secondary N) is 1. The maximum Gasteiger partial charge on any atom is 0.307 e. The van der Waals surface area contributed by atoms with Crippen LogP contribution in [0.25, 0.3) is 0 Å². The van der Waals surface area contributed by atoms with Crippen molar-refractivity contribution in [3.63, 3.8) is 0 Å². The molecule has 1 aromatic rings. The molecule has 0 spiro atoms. The molecule has 0 aliphatic rings. The number of ketones is 1. The molecule has 1 aromatic carbocycles. The fourth-order valence-electron chi connectivity index (χ4n) is 1.82. The first-order chi connectivity index (χ1) is 9.04. The van der Waals surface area contributed by atoms with Crippen LogP contribution >= 0.6 is 0 Å². The highest BCUT2D eigenvalue weighted by Gasteiger charge is 2.24. The first-order valence-corrected chi connectivity index (χ1v) is 6.55. The van der Waals surface area contributed by atoms with E-state index in [4.69, 9.17) is 4.74 Å². The fourth-order valence-corrected chi connectivity index (χ4v) is 1.82. The molecule has 0 saturated heterocycles. The average Bonchev–Trinajstić information content (AvgIpc) is 2.38. The van der Waals surface area contributed by atoms with Crippen LogP contribution < -0.4 is 5.32 Å². The zero-order chi connectivity index (χ0) is 14.3. The van der Waals surface area contributed by atoms with Crippen molar-refractivity contribution in [2.45, 2.75) is 39.3 Å². The highest BCUT2D eigenvalue weighted by atomic mass is 16.5. The number of ether oxygens (including phenoxy) is 1. The molecule has 0 bridgehead atoms. The SMILES string of the molecule is CCOC(=O)CC(NC(C)C)C(=O)c1ccccc1. The van der Waals surface area contributed by atoms with Crippen molar-refractivity contribution in [3.05, 3.63) is 35.9 Å². The van der Waals surface area contributed by atoms with Crippen molar-refractivity contribution in [3.8, 4) is 0 Å². The Morgan fingerprint density at radius 3 is 2.37 bits per heavy atom. The summed E-state index contributed by atoms with van der Waals surface area (Å²) >= 11 is 0. The normalized spacial score (nSPS) is 12.2. The second-order valence-electron chi connectivity index (χ2n) is 4.61. The Hall–Kier alpha value is -1.68. The lowest BCUT2D eigenvalue weighted by atomic mass is 10.0. The molecule has 1 atom stereocenters. The van der Waals surface area contributed by atoms with E-state index >= 15 is 0 Å². The zero-order valence-electron chi connectivity index (χ0n) is 11.7. The third-order valence-corrected chi connectivity index (χ3v) is 2.59. The molecule has 0 heterocycles. The van der Waals surface area contributed by atoms with Crippen molar-refractivity contribution in [2.75, 3.05) is 6.61 Å². The number of benzene rings is 1. The van der Waals surface area contributed by atoms with Crippen molar-refractivity contribution in [1.82, 2.24) is 5.32 Å². The van der Waals surface area contributed by atoms with Crippen LogP contribution in [0.15, 0.2) is 30.3 Å². The number of hydrogen-bond donors (Lipinski definition) is 1. The Morgan fingerprint density at radius 2 is 1.84 bits per heavy atom. The molecule has 0 radical (unpaired) electrons. The van der Waals surface area contributed by atoms with Crippen LogP contribution in [0.1, 0.15) is 37.6 Å². The lowest BCUT2D eigenvalue weighted by Gasteiger charge is -2.19. The number of carbonyl (C=O) groups excluding carboxylic acids is 2. The smallest absolute Gasteiger partial charge is 0.307 e. The summed E-state index contributed by atoms with van der Waals surface area (Å²) in [6.07, 6.45) is 0.0553. The molecule has 0 aliphatic heterocycles. The standard InChI is InChI=1S/C15H21NO3/c1-4-19-14(17)10-13(16-11(2)3)15(18)12-8-6-5-7-9-12/h5-9,11,13,16H,4,10H2,1-3H3. The van der Waals surface area contributed by atoms with Gasteiger partial charge in [-0.1, -0.05) is 44.2 Å². The van der Waals surface area contributed by atoms with Gasteiger partial charge < -0.3 is 10.1 Å². The molecule has 1 N–H and O–H groups in total. The number of Topliss-reactive ketones (excluding diaryl/α,β-unsaturated/α-hetero) is 1. The number of rotatable bonds is 7. The summed E-state index contributed by atoms with van der Waals surface area (Å²) in [6.45, 7) is 5.96. The van der Waals surface area contributed by atoms with Gasteiger partial charge in [0.2, 0.25) is 0 Å². The fraction of sp³-hybridized carbons (Fsp3) is 0.467. The van der Waals surface area contributed by atoms with E-state index in [0.29, 0.717) is 12.2 Å². The molecule has 0 amide bonds. The Morgan fingerprint density at radius 1 is 1.21 bits per heavy atom. The summed E-state index contributed by atoms with van der Waals surface area (Å²) in [5.41, 5.74) is 0.602. The van der Waals surface area contributed by atoms with Gasteiger partial charge in [0.05, 0.1) is 19.1 Å². The van der Waals surface area contributed by atoms with Crippen molar-refractivity contribution in [1.29, 1.82) is 0 Å². The lowest BCUT2D eigenvalue weighted by Crippen LogP contribution is -2.42. The van der Waals surface area contributed by atoms with Gasteiger partial charge in [-0.2, -0.15) is 0 Å². The Bertz CT molecular complexity index is 415. The minimum atomic E-state index is -0.540. The predicted molar refractivity (Wildman–Crippen MR) is 74.1 cm³/mol. The molecule has 0 fully saturated rings. The topological polar surface area (TPSA) is 55.4 Å². The van der Waals surface area contributed by atoms with Crippen LogP contribution in [0.4, 0.5) is 0 Å². The van der Waals surface area contributed by atoms with Crippen molar-refractivity contribution in [2.24, 2.45) is 0 Å². The van der Waals surface area contributed by atoms with Crippen LogP contribution in [0, 0.1) is 0 Å². The van der Waals surface area contributed by atoms with E-state index in [-0.39, 0.29) is 24.2 Å². The van der Waals surface area contributed by atoms with Crippen LogP contribution in [0.2, 0.25) is 0 Å². The Kier molecular flexibility index (Phi) is 6.22. The van der Waals surface area contributed by atoms with Gasteiger partial charge in [0, 0.05) is 11.6 Å². The summed E-state index contributed by atoms with van der Waals surface area (Å²) in [7, 11) is 0. The van der Waals surface area contributed by atoms with E-state index in [1.165, 1.54) is 0 Å². The highest BCUT2D eigenvalue weighted by molar-refractivity contribution is 6.01. The van der Waals surface area contributed by atoms with E-state index in [0.717, 1.165) is 0 Å². The monoisotopic (exact) mass is 263 g/mol. The van der Waals surface area contributed by atoms with Crippen molar-refractivity contribution >= 4 is 11.8 Å². The van der Waals surface area contributed by atoms with Gasteiger partial charge in [-0.15, -0.1) is 0 Å². The van der Waals surface area contributed by atoms with E-state index in [1.807, 2.05) is 32.0 Å². The minimum Gasteiger partial charge on any atom is -0.466 e. The molecule has 104 valence electrons. The van der Waals surface area contributed by atoms with Gasteiger partial charge in [0.25, 0.3) is 0 Å². The highest BCUT2D eigenvalue weighted by Crippen LogP contribution is 2.08. The maximum atomic E-state index is 12.3. The van der Waals surface area contributed by atoms with Gasteiger partial charge in [-0.3, -0.25) is 9.59 Å². The summed E-state index contributed by atoms with van der Waals surface area (Å²) in [6, 6.07) is 8.56. The summed E-state index contributed by atoms with van der Waals surface area (Å²) in [4.78, 5) is 23.9. The molecule has 1 unspecified atom stereocenters. The maximum absolute atomic E-state index is 12.3. The molecule has 19 heavy (non-hydrogen) atoms. The van der Waals surface area contributed by atoms with Crippen LogP contribution in [0.3, 0.4) is 0 Å². The number of esters is 1. The number of carbonyl (C=O) groups is 2. The molecule has 0 aromatic heterocycles. The summed E-state index contributed by atoms with van der Waals surface area (Å²) < 4.78 is 4.91. The average molecular weight is 263 g/mol. The molecule has 0 aliphatic carbocycles. The van der Waals surface area contributed by atoms with Crippen LogP contribution in [0.5, 0.6) is 0 Å². The Labute approximate surface area is 114 Å². The van der Waals surface area contributed by atoms with Gasteiger partial charge in [0.1, 0.15) is 0 Å². The second-order valence-corrected chi connectivity index (χ2v) is 4.61. The van der Waals surface area contributed by atoms with E-state index in [9.17, 15) is 9.59 Å².